The van der Waals surface area contributed by atoms with Crippen LogP contribution in [-0.2, 0) is 6.42 Å². The molecule has 0 bridgehead atoms. The highest BCUT2D eigenvalue weighted by atomic mass is 16.5. The molecule has 1 aliphatic rings. The van der Waals surface area contributed by atoms with Gasteiger partial charge in [0.1, 0.15) is 0 Å². The first-order chi connectivity index (χ1) is 11.6. The van der Waals surface area contributed by atoms with E-state index in [9.17, 15) is 4.79 Å². The fourth-order valence-electron chi connectivity index (χ4n) is 3.10. The summed E-state index contributed by atoms with van der Waals surface area (Å²) in [5, 5.41) is 3.90. The third-order valence-corrected chi connectivity index (χ3v) is 4.55. The van der Waals surface area contributed by atoms with Crippen molar-refractivity contribution in [3.05, 3.63) is 41.6 Å². The van der Waals surface area contributed by atoms with Crippen LogP contribution in [0, 0.1) is 0 Å². The van der Waals surface area contributed by atoms with Crippen molar-refractivity contribution in [2.24, 2.45) is 5.73 Å². The summed E-state index contributed by atoms with van der Waals surface area (Å²) in [7, 11) is 2.15. The Labute approximate surface area is 142 Å². The molecule has 2 N–H and O–H groups in total. The summed E-state index contributed by atoms with van der Waals surface area (Å²) >= 11 is 0. The fraction of sp³-hybridized carbons (Fsp3) is 0.444. The summed E-state index contributed by atoms with van der Waals surface area (Å²) in [4.78, 5) is 16.5. The Bertz CT molecular complexity index is 676. The van der Waals surface area contributed by atoms with Crippen molar-refractivity contribution in [1.82, 2.24) is 15.0 Å². The zero-order valence-electron chi connectivity index (χ0n) is 14.1. The van der Waals surface area contributed by atoms with Gasteiger partial charge in [-0.1, -0.05) is 35.5 Å². The van der Waals surface area contributed by atoms with Crippen molar-refractivity contribution in [1.29, 1.82) is 0 Å². The Morgan fingerprint density at radius 2 is 1.92 bits per heavy atom. The highest BCUT2D eigenvalue weighted by Crippen LogP contribution is 2.27. The Morgan fingerprint density at radius 1 is 1.21 bits per heavy atom. The van der Waals surface area contributed by atoms with E-state index in [1.165, 1.54) is 0 Å². The molecule has 0 radical (unpaired) electrons. The molecule has 1 aromatic heterocycles. The normalized spacial score (nSPS) is 16.4. The molecular weight excluding hydrogens is 304 g/mol. The summed E-state index contributed by atoms with van der Waals surface area (Å²) in [6, 6.07) is 9.73. The first-order valence-electron chi connectivity index (χ1n) is 8.40. The van der Waals surface area contributed by atoms with E-state index in [1.54, 1.807) is 0 Å². The molecule has 2 heterocycles. The second kappa shape index (κ2) is 7.59. The van der Waals surface area contributed by atoms with Crippen LogP contribution in [0.1, 0.15) is 22.5 Å². The van der Waals surface area contributed by atoms with E-state index in [1.807, 2.05) is 30.3 Å². The van der Waals surface area contributed by atoms with Crippen molar-refractivity contribution >= 4 is 5.91 Å². The number of rotatable bonds is 6. The van der Waals surface area contributed by atoms with Crippen molar-refractivity contribution in [3.63, 3.8) is 0 Å². The van der Waals surface area contributed by atoms with E-state index in [4.69, 9.17) is 10.3 Å². The molecule has 0 saturated carbocycles. The van der Waals surface area contributed by atoms with Gasteiger partial charge in [-0.2, -0.15) is 0 Å². The number of carbonyl (C=O) groups excluding carboxylic acids is 1. The molecule has 0 unspecified atom stereocenters. The number of amides is 1. The molecule has 1 aromatic carbocycles. The molecule has 128 valence electrons. The van der Waals surface area contributed by atoms with E-state index in [-0.39, 0.29) is 5.69 Å². The van der Waals surface area contributed by atoms with Crippen LogP contribution in [0.25, 0.3) is 11.3 Å². The minimum Gasteiger partial charge on any atom is -0.364 e. The maximum atomic E-state index is 11.7. The number of carbonyl (C=O) groups is 1. The second-order valence-corrected chi connectivity index (χ2v) is 6.32. The summed E-state index contributed by atoms with van der Waals surface area (Å²) in [5.74, 6) is 0.123. The monoisotopic (exact) mass is 328 g/mol. The molecule has 1 saturated heterocycles. The van der Waals surface area contributed by atoms with E-state index < -0.39 is 5.91 Å². The van der Waals surface area contributed by atoms with Crippen LogP contribution in [0.2, 0.25) is 0 Å². The molecular formula is C18H24N4O2. The third-order valence-electron chi connectivity index (χ3n) is 4.55. The predicted molar refractivity (Wildman–Crippen MR) is 92.7 cm³/mol. The van der Waals surface area contributed by atoms with Gasteiger partial charge in [0, 0.05) is 37.3 Å². The van der Waals surface area contributed by atoms with E-state index in [0.29, 0.717) is 5.76 Å². The first-order valence-corrected chi connectivity index (χ1v) is 8.40. The Balaban J connectivity index is 1.69. The number of hydrogen-bond donors (Lipinski definition) is 1. The predicted octanol–water partition coefficient (Wildman–Crippen LogP) is 1.62. The number of primary amides is 1. The lowest BCUT2D eigenvalue weighted by molar-refractivity contribution is 0.0991. The van der Waals surface area contributed by atoms with Crippen LogP contribution in [0.4, 0.5) is 0 Å². The molecule has 0 spiro atoms. The average Bonchev–Trinajstić information content (AvgIpc) is 3.01. The van der Waals surface area contributed by atoms with Gasteiger partial charge in [-0.3, -0.25) is 4.79 Å². The lowest BCUT2D eigenvalue weighted by atomic mass is 10.0. The minimum absolute atomic E-state index is 0.257. The zero-order valence-corrected chi connectivity index (χ0v) is 14.1. The lowest BCUT2D eigenvalue weighted by Crippen LogP contribution is -2.44. The van der Waals surface area contributed by atoms with Crippen LogP contribution in [0.15, 0.2) is 34.9 Å². The number of aromatic nitrogens is 1. The summed E-state index contributed by atoms with van der Waals surface area (Å²) < 4.78 is 5.43. The summed E-state index contributed by atoms with van der Waals surface area (Å²) in [6.45, 7) is 5.40. The first kappa shape index (κ1) is 16.7. The fourth-order valence-corrected chi connectivity index (χ4v) is 3.10. The van der Waals surface area contributed by atoms with E-state index in [2.05, 4.69) is 22.0 Å². The Kier molecular flexibility index (Phi) is 5.27. The van der Waals surface area contributed by atoms with Crippen molar-refractivity contribution < 1.29 is 9.32 Å². The van der Waals surface area contributed by atoms with Gasteiger partial charge < -0.3 is 20.1 Å². The summed E-state index contributed by atoms with van der Waals surface area (Å²) in [6.07, 6.45) is 1.68. The molecule has 1 amide bonds. The van der Waals surface area contributed by atoms with Crippen molar-refractivity contribution in [2.75, 3.05) is 39.8 Å². The molecule has 0 atom stereocenters. The minimum atomic E-state index is -0.532. The number of hydrogen-bond acceptors (Lipinski definition) is 5. The molecule has 0 aliphatic carbocycles. The van der Waals surface area contributed by atoms with Gasteiger partial charge in [-0.25, -0.2) is 0 Å². The van der Waals surface area contributed by atoms with Crippen LogP contribution in [0.3, 0.4) is 0 Å². The van der Waals surface area contributed by atoms with Gasteiger partial charge in [-0.05, 0) is 26.4 Å². The van der Waals surface area contributed by atoms with Gasteiger partial charge >= 0.3 is 0 Å². The Hall–Kier alpha value is -2.18. The smallest absolute Gasteiger partial charge is 0.271 e. The molecule has 6 heteroatoms. The maximum Gasteiger partial charge on any atom is 0.271 e. The second-order valence-electron chi connectivity index (χ2n) is 6.32. The number of benzene rings is 1. The van der Waals surface area contributed by atoms with E-state index in [0.717, 1.165) is 56.7 Å². The van der Waals surface area contributed by atoms with Gasteiger partial charge in [-0.15, -0.1) is 0 Å². The van der Waals surface area contributed by atoms with Gasteiger partial charge in [0.2, 0.25) is 0 Å². The van der Waals surface area contributed by atoms with Crippen LogP contribution >= 0.6 is 0 Å². The van der Waals surface area contributed by atoms with Crippen LogP contribution < -0.4 is 5.73 Å². The standard InChI is InChI=1S/C18H24N4O2/c1-21-10-12-22(13-11-21)9-5-8-15-16(18(19)23)20-24-17(15)14-6-3-2-4-7-14/h2-4,6-7H,5,8-13H2,1H3,(H2,19,23). The van der Waals surface area contributed by atoms with Crippen molar-refractivity contribution in [2.45, 2.75) is 12.8 Å². The van der Waals surface area contributed by atoms with Gasteiger partial charge in [0.05, 0.1) is 0 Å². The molecule has 1 fully saturated rings. The number of piperazine rings is 1. The van der Waals surface area contributed by atoms with Gasteiger partial charge in [0.15, 0.2) is 11.5 Å². The number of nitrogens with two attached hydrogens (primary N) is 1. The molecule has 2 aromatic rings. The molecule has 1 aliphatic heterocycles. The maximum absolute atomic E-state index is 11.7. The van der Waals surface area contributed by atoms with Crippen molar-refractivity contribution in [3.8, 4) is 11.3 Å². The van der Waals surface area contributed by atoms with Crippen LogP contribution in [-0.4, -0.2) is 60.6 Å². The largest absolute Gasteiger partial charge is 0.364 e. The lowest BCUT2D eigenvalue weighted by Gasteiger charge is -2.32. The Morgan fingerprint density at radius 3 is 2.58 bits per heavy atom. The molecule has 3 rings (SSSR count). The SMILES string of the molecule is CN1CCN(CCCc2c(C(N)=O)noc2-c2ccccc2)CC1. The average molecular weight is 328 g/mol. The third kappa shape index (κ3) is 3.83. The molecule has 6 nitrogen and oxygen atoms in total. The van der Waals surface area contributed by atoms with E-state index >= 15 is 0 Å². The number of likely N-dealkylation sites (N-methyl/N-ethyl adjacent to an activating group) is 1. The number of nitrogens with zero attached hydrogens (tertiary/aromatic N) is 3. The van der Waals surface area contributed by atoms with Gasteiger partial charge in [0.25, 0.3) is 5.91 Å². The zero-order chi connectivity index (χ0) is 16.9. The topological polar surface area (TPSA) is 75.6 Å². The quantitative estimate of drug-likeness (QED) is 0.872. The molecule has 24 heavy (non-hydrogen) atoms. The highest BCUT2D eigenvalue weighted by Gasteiger charge is 2.21. The highest BCUT2D eigenvalue weighted by molar-refractivity contribution is 5.93. The summed E-state index contributed by atoms with van der Waals surface area (Å²) in [5.41, 5.74) is 7.46. The van der Waals surface area contributed by atoms with Crippen LogP contribution in [0.5, 0.6) is 0 Å².